The molecule has 0 aromatic heterocycles. The Hall–Kier alpha value is -2.38. The summed E-state index contributed by atoms with van der Waals surface area (Å²) in [7, 11) is -7.78. The van der Waals surface area contributed by atoms with E-state index in [0.29, 0.717) is 18.9 Å². The Balaban J connectivity index is 1.63. The summed E-state index contributed by atoms with van der Waals surface area (Å²) in [5, 5.41) is 2.43. The van der Waals surface area contributed by atoms with Crippen molar-refractivity contribution in [2.45, 2.75) is 9.79 Å². The van der Waals surface area contributed by atoms with Crippen LogP contribution in [-0.2, 0) is 29.6 Å². The van der Waals surface area contributed by atoms with Crippen LogP contribution in [0, 0.1) is 5.82 Å². The van der Waals surface area contributed by atoms with Gasteiger partial charge in [0.15, 0.2) is 0 Å². The highest BCUT2D eigenvalue weighted by Crippen LogP contribution is 2.19. The van der Waals surface area contributed by atoms with Gasteiger partial charge >= 0.3 is 0 Å². The maximum atomic E-state index is 12.9. The molecule has 1 aliphatic heterocycles. The van der Waals surface area contributed by atoms with E-state index in [0.717, 1.165) is 24.3 Å². The van der Waals surface area contributed by atoms with Crippen LogP contribution in [0.25, 0.3) is 0 Å². The van der Waals surface area contributed by atoms with Crippen molar-refractivity contribution in [2.75, 3.05) is 38.2 Å². The second-order valence-corrected chi connectivity index (χ2v) is 10.1. The van der Waals surface area contributed by atoms with Crippen molar-refractivity contribution in [3.63, 3.8) is 0 Å². The summed E-state index contributed by atoms with van der Waals surface area (Å²) in [6.45, 7) is 0.513. The predicted molar refractivity (Wildman–Crippen MR) is 106 cm³/mol. The van der Waals surface area contributed by atoms with Gasteiger partial charge in [0.25, 0.3) is 0 Å². The molecule has 0 radical (unpaired) electrons. The molecule has 1 aliphatic rings. The summed E-state index contributed by atoms with van der Waals surface area (Å²) in [5.41, 5.74) is 0.318. The first kappa shape index (κ1) is 22.3. The fraction of sp³-hybridized carbons (Fsp3) is 0.278. The molecule has 0 aliphatic carbocycles. The van der Waals surface area contributed by atoms with Crippen LogP contribution in [0.2, 0.25) is 0 Å². The van der Waals surface area contributed by atoms with Gasteiger partial charge in [-0.1, -0.05) is 0 Å². The number of carbonyl (C=O) groups excluding carboxylic acids is 1. The minimum atomic E-state index is -4.04. The molecule has 9 nitrogen and oxygen atoms in total. The van der Waals surface area contributed by atoms with Crippen molar-refractivity contribution in [3.8, 4) is 0 Å². The highest BCUT2D eigenvalue weighted by Gasteiger charge is 2.27. The highest BCUT2D eigenvalue weighted by atomic mass is 32.2. The number of carbonyl (C=O) groups is 1. The molecule has 1 heterocycles. The molecule has 1 fully saturated rings. The van der Waals surface area contributed by atoms with Crippen LogP contribution in [0.3, 0.4) is 0 Å². The molecule has 1 saturated heterocycles. The third-order valence-electron chi connectivity index (χ3n) is 4.29. The van der Waals surface area contributed by atoms with E-state index >= 15 is 0 Å². The Morgan fingerprint density at radius 3 is 2.10 bits per heavy atom. The highest BCUT2D eigenvalue weighted by molar-refractivity contribution is 7.89. The maximum Gasteiger partial charge on any atom is 0.243 e. The van der Waals surface area contributed by atoms with Crippen molar-refractivity contribution >= 4 is 31.6 Å². The number of halogens is 1. The lowest BCUT2D eigenvalue weighted by atomic mass is 10.3. The second-order valence-electron chi connectivity index (χ2n) is 6.37. The fourth-order valence-corrected chi connectivity index (χ4v) is 5.10. The molecule has 0 unspecified atom stereocenters. The quantitative estimate of drug-likeness (QED) is 0.633. The molecule has 3 rings (SSSR count). The van der Waals surface area contributed by atoms with Crippen molar-refractivity contribution in [1.29, 1.82) is 0 Å². The lowest BCUT2D eigenvalue weighted by molar-refractivity contribution is -0.115. The topological polar surface area (TPSA) is 122 Å². The molecule has 2 N–H and O–H groups in total. The van der Waals surface area contributed by atoms with Gasteiger partial charge < -0.3 is 10.1 Å². The summed E-state index contributed by atoms with van der Waals surface area (Å²) in [5.74, 6) is -1.11. The first-order valence-electron chi connectivity index (χ1n) is 8.91. The molecule has 30 heavy (non-hydrogen) atoms. The van der Waals surface area contributed by atoms with Gasteiger partial charge in [0, 0.05) is 18.8 Å². The van der Waals surface area contributed by atoms with E-state index in [4.69, 9.17) is 4.74 Å². The molecule has 12 heteroatoms. The number of hydrogen-bond acceptors (Lipinski definition) is 6. The Morgan fingerprint density at radius 2 is 1.50 bits per heavy atom. The number of morpholine rings is 1. The molecule has 0 saturated carbocycles. The molecule has 0 atom stereocenters. The molecule has 1 amide bonds. The third kappa shape index (κ3) is 5.40. The number of benzene rings is 2. The second kappa shape index (κ2) is 9.18. The minimum Gasteiger partial charge on any atom is -0.379 e. The number of nitrogens with zero attached hydrogens (tertiary/aromatic N) is 1. The maximum absolute atomic E-state index is 12.9. The zero-order valence-corrected chi connectivity index (χ0v) is 17.4. The molecule has 2 aromatic rings. The van der Waals surface area contributed by atoms with Crippen LogP contribution < -0.4 is 10.0 Å². The third-order valence-corrected chi connectivity index (χ3v) is 7.62. The lowest BCUT2D eigenvalue weighted by Crippen LogP contribution is -2.40. The summed E-state index contributed by atoms with van der Waals surface area (Å²) in [6.07, 6.45) is 0. The van der Waals surface area contributed by atoms with Crippen molar-refractivity contribution in [2.24, 2.45) is 0 Å². The minimum absolute atomic E-state index is 0.0302. The fourth-order valence-electron chi connectivity index (χ4n) is 2.71. The van der Waals surface area contributed by atoms with Gasteiger partial charge in [-0.05, 0) is 48.5 Å². The van der Waals surface area contributed by atoms with Gasteiger partial charge in [-0.2, -0.15) is 4.31 Å². The lowest BCUT2D eigenvalue weighted by Gasteiger charge is -2.26. The summed E-state index contributed by atoms with van der Waals surface area (Å²) < 4.78 is 71.4. The van der Waals surface area contributed by atoms with Crippen LogP contribution in [0.1, 0.15) is 0 Å². The van der Waals surface area contributed by atoms with Gasteiger partial charge in [-0.15, -0.1) is 0 Å². The average molecular weight is 458 g/mol. The van der Waals surface area contributed by atoms with Gasteiger partial charge in [0.1, 0.15) is 5.82 Å². The Labute approximate surface area is 173 Å². The molecule has 2 aromatic carbocycles. The van der Waals surface area contributed by atoms with Crippen LogP contribution >= 0.6 is 0 Å². The standard InChI is InChI=1S/C18H20FN3O6S2/c19-14-1-3-15(4-2-14)21-18(23)13-20-29(24,25)16-5-7-17(8-6-16)30(26,27)22-9-11-28-12-10-22/h1-8,20H,9-13H2,(H,21,23). The van der Waals surface area contributed by atoms with Crippen LogP contribution in [0.15, 0.2) is 58.3 Å². The van der Waals surface area contributed by atoms with Gasteiger partial charge in [0.05, 0.1) is 29.5 Å². The number of anilines is 1. The SMILES string of the molecule is O=C(CNS(=O)(=O)c1ccc(S(=O)(=O)N2CCOCC2)cc1)Nc1ccc(F)cc1. The normalized spacial score (nSPS) is 15.6. The number of amides is 1. The molecular formula is C18H20FN3O6S2. The van der Waals surface area contributed by atoms with E-state index in [1.807, 2.05) is 0 Å². The molecule has 0 bridgehead atoms. The van der Waals surface area contributed by atoms with Gasteiger partial charge in [-0.25, -0.2) is 25.9 Å². The van der Waals surface area contributed by atoms with Crippen molar-refractivity contribution < 1.29 is 30.8 Å². The Bertz CT molecular complexity index is 1100. The van der Waals surface area contributed by atoms with E-state index in [-0.39, 0.29) is 22.9 Å². The van der Waals surface area contributed by atoms with E-state index in [1.54, 1.807) is 0 Å². The first-order chi connectivity index (χ1) is 14.2. The average Bonchev–Trinajstić information content (AvgIpc) is 2.75. The van der Waals surface area contributed by atoms with Crippen LogP contribution in [0.4, 0.5) is 10.1 Å². The van der Waals surface area contributed by atoms with Crippen molar-refractivity contribution in [1.82, 2.24) is 9.03 Å². The monoisotopic (exact) mass is 457 g/mol. The summed E-state index contributed by atoms with van der Waals surface area (Å²) in [6, 6.07) is 9.74. The van der Waals surface area contributed by atoms with E-state index in [9.17, 15) is 26.0 Å². The zero-order chi connectivity index (χ0) is 21.8. The predicted octanol–water partition coefficient (Wildman–Crippen LogP) is 0.764. The van der Waals surface area contributed by atoms with E-state index in [1.165, 1.54) is 28.6 Å². The number of rotatable bonds is 7. The molecule has 162 valence electrons. The summed E-state index contributed by atoms with van der Waals surface area (Å²) >= 11 is 0. The van der Waals surface area contributed by atoms with Crippen LogP contribution in [-0.4, -0.2) is 59.9 Å². The molecule has 0 spiro atoms. The number of ether oxygens (including phenoxy) is 1. The first-order valence-corrected chi connectivity index (χ1v) is 11.8. The smallest absolute Gasteiger partial charge is 0.243 e. The number of sulfonamides is 2. The van der Waals surface area contributed by atoms with Crippen molar-refractivity contribution in [3.05, 3.63) is 54.3 Å². The number of hydrogen-bond donors (Lipinski definition) is 2. The van der Waals surface area contributed by atoms with E-state index in [2.05, 4.69) is 10.0 Å². The van der Waals surface area contributed by atoms with Crippen LogP contribution in [0.5, 0.6) is 0 Å². The largest absolute Gasteiger partial charge is 0.379 e. The number of nitrogens with one attached hydrogen (secondary N) is 2. The Morgan fingerprint density at radius 1 is 0.933 bits per heavy atom. The Kier molecular flexibility index (Phi) is 6.83. The van der Waals surface area contributed by atoms with Gasteiger partial charge in [0.2, 0.25) is 26.0 Å². The van der Waals surface area contributed by atoms with Gasteiger partial charge in [-0.3, -0.25) is 4.79 Å². The summed E-state index contributed by atoms with van der Waals surface area (Å²) in [4.78, 5) is 11.7. The van der Waals surface area contributed by atoms with E-state index < -0.39 is 38.3 Å². The molecular weight excluding hydrogens is 437 g/mol. The zero-order valence-electron chi connectivity index (χ0n) is 15.7.